The number of nitrogens with one attached hydrogen (secondary N) is 2. The maximum atomic E-state index is 9.51. The normalized spacial score (nSPS) is 15.8. The number of ether oxygens (including phenoxy) is 2. The highest BCUT2D eigenvalue weighted by Crippen LogP contribution is 2.21. The zero-order valence-corrected chi connectivity index (χ0v) is 20.7. The van der Waals surface area contributed by atoms with E-state index in [4.69, 9.17) is 15.2 Å². The molecule has 1 aliphatic rings. The summed E-state index contributed by atoms with van der Waals surface area (Å²) in [6.07, 6.45) is 3.58. The number of aryl methyl sites for hydroxylation is 1. The third kappa shape index (κ3) is 7.36. The van der Waals surface area contributed by atoms with Crippen LogP contribution in [0.5, 0.6) is 0 Å². The zero-order chi connectivity index (χ0) is 21.9. The molecule has 0 spiro atoms. The van der Waals surface area contributed by atoms with Crippen molar-refractivity contribution in [3.8, 4) is 11.8 Å². The second kappa shape index (κ2) is 13.9. The van der Waals surface area contributed by atoms with Crippen molar-refractivity contribution < 1.29 is 9.47 Å². The number of aliphatic imine (C=N–C) groups is 1. The second-order valence-electron chi connectivity index (χ2n) is 7.31. The van der Waals surface area contributed by atoms with E-state index in [0.29, 0.717) is 43.3 Å². The SMILES string of the molecule is CN=C(NCCCOC1CCOC1)NCCCc1nn(-c2ccccc2)c(N)c1C#N.I. The lowest BCUT2D eigenvalue weighted by Gasteiger charge is -2.13. The average molecular weight is 553 g/mol. The van der Waals surface area contributed by atoms with Gasteiger partial charge in [-0.25, -0.2) is 4.68 Å². The third-order valence-electron chi connectivity index (χ3n) is 5.07. The molecule has 10 heteroatoms. The van der Waals surface area contributed by atoms with Crippen molar-refractivity contribution in [2.75, 3.05) is 45.7 Å². The van der Waals surface area contributed by atoms with Crippen molar-refractivity contribution >= 4 is 35.8 Å². The van der Waals surface area contributed by atoms with Crippen LogP contribution >= 0.6 is 24.0 Å². The number of para-hydroxylation sites is 1. The van der Waals surface area contributed by atoms with Crippen LogP contribution in [0.25, 0.3) is 5.69 Å². The number of nitrogen functional groups attached to an aromatic ring is 1. The van der Waals surface area contributed by atoms with Gasteiger partial charge in [-0.3, -0.25) is 4.99 Å². The molecule has 4 N–H and O–H groups in total. The van der Waals surface area contributed by atoms with Gasteiger partial charge in [-0.2, -0.15) is 10.4 Å². The number of aromatic nitrogens is 2. The first-order valence-electron chi connectivity index (χ1n) is 10.7. The van der Waals surface area contributed by atoms with Gasteiger partial charge in [0, 0.05) is 33.4 Å². The summed E-state index contributed by atoms with van der Waals surface area (Å²) in [4.78, 5) is 4.24. The highest BCUT2D eigenvalue weighted by molar-refractivity contribution is 14.0. The predicted octanol–water partition coefficient (Wildman–Crippen LogP) is 2.24. The first-order chi connectivity index (χ1) is 15.2. The van der Waals surface area contributed by atoms with Gasteiger partial charge in [-0.1, -0.05) is 18.2 Å². The second-order valence-corrected chi connectivity index (χ2v) is 7.31. The number of nitriles is 1. The molecule has 3 rings (SSSR count). The van der Waals surface area contributed by atoms with Crippen molar-refractivity contribution in [2.24, 2.45) is 4.99 Å². The number of guanidine groups is 1. The Balaban J connectivity index is 0.00000363. The highest BCUT2D eigenvalue weighted by Gasteiger charge is 2.16. The standard InChI is InChI=1S/C22H31N7O2.HI/c1-25-22(27-12-6-13-31-18-10-14-30-16-18)26-11-5-9-20-19(15-23)21(24)29(28-20)17-7-3-2-4-8-17;/h2-4,7-8,18H,5-6,9-14,16,24H2,1H3,(H2,25,26,27);1H. The molecule has 1 atom stereocenters. The smallest absolute Gasteiger partial charge is 0.190 e. The van der Waals surface area contributed by atoms with Gasteiger partial charge >= 0.3 is 0 Å². The van der Waals surface area contributed by atoms with E-state index in [2.05, 4.69) is 26.8 Å². The minimum atomic E-state index is 0. The summed E-state index contributed by atoms with van der Waals surface area (Å²) >= 11 is 0. The Labute approximate surface area is 206 Å². The largest absolute Gasteiger partial charge is 0.382 e. The average Bonchev–Trinajstić information content (AvgIpc) is 3.43. The van der Waals surface area contributed by atoms with Crippen LogP contribution in [-0.4, -0.2) is 61.8 Å². The number of anilines is 1. The van der Waals surface area contributed by atoms with Gasteiger partial charge in [0.25, 0.3) is 0 Å². The minimum absolute atomic E-state index is 0. The van der Waals surface area contributed by atoms with E-state index in [1.807, 2.05) is 30.3 Å². The van der Waals surface area contributed by atoms with Crippen LogP contribution < -0.4 is 16.4 Å². The van der Waals surface area contributed by atoms with Gasteiger partial charge in [-0.15, -0.1) is 24.0 Å². The third-order valence-corrected chi connectivity index (χ3v) is 5.07. The van der Waals surface area contributed by atoms with Crippen LogP contribution in [0.15, 0.2) is 35.3 Å². The maximum absolute atomic E-state index is 9.51. The molecule has 2 heterocycles. The molecule has 0 bridgehead atoms. The van der Waals surface area contributed by atoms with E-state index in [1.54, 1.807) is 11.7 Å². The first kappa shape index (κ1) is 25.9. The van der Waals surface area contributed by atoms with E-state index < -0.39 is 0 Å². The number of benzene rings is 1. The van der Waals surface area contributed by atoms with Crippen LogP contribution in [0.3, 0.4) is 0 Å². The summed E-state index contributed by atoms with van der Waals surface area (Å²) in [7, 11) is 1.75. The van der Waals surface area contributed by atoms with Crippen LogP contribution in [0.1, 0.15) is 30.5 Å². The lowest BCUT2D eigenvalue weighted by Crippen LogP contribution is -2.38. The predicted molar refractivity (Wildman–Crippen MR) is 136 cm³/mol. The van der Waals surface area contributed by atoms with Gasteiger partial charge < -0.3 is 25.8 Å². The minimum Gasteiger partial charge on any atom is -0.382 e. The fourth-order valence-corrected chi connectivity index (χ4v) is 3.40. The highest BCUT2D eigenvalue weighted by atomic mass is 127. The van der Waals surface area contributed by atoms with Crippen molar-refractivity contribution in [1.82, 2.24) is 20.4 Å². The van der Waals surface area contributed by atoms with Gasteiger partial charge in [-0.05, 0) is 37.8 Å². The Kier molecular flexibility index (Phi) is 11.3. The number of rotatable bonds is 10. The Hall–Kier alpha value is -2.36. The molecule has 32 heavy (non-hydrogen) atoms. The molecule has 0 amide bonds. The molecule has 1 saturated heterocycles. The van der Waals surface area contributed by atoms with Crippen LogP contribution in [0.2, 0.25) is 0 Å². The van der Waals surface area contributed by atoms with E-state index >= 15 is 0 Å². The molecule has 1 aromatic heterocycles. The van der Waals surface area contributed by atoms with Crippen molar-refractivity contribution in [3.05, 3.63) is 41.6 Å². The molecule has 2 aromatic rings. The van der Waals surface area contributed by atoms with E-state index in [-0.39, 0.29) is 30.1 Å². The number of nitrogens with two attached hydrogens (primary N) is 1. The van der Waals surface area contributed by atoms with Crippen molar-refractivity contribution in [1.29, 1.82) is 5.26 Å². The lowest BCUT2D eigenvalue weighted by atomic mass is 10.1. The summed E-state index contributed by atoms with van der Waals surface area (Å²) < 4.78 is 12.7. The van der Waals surface area contributed by atoms with Gasteiger partial charge in [0.05, 0.1) is 24.1 Å². The van der Waals surface area contributed by atoms with E-state index in [1.165, 1.54) is 0 Å². The molecular weight excluding hydrogens is 521 g/mol. The van der Waals surface area contributed by atoms with Crippen molar-refractivity contribution in [3.63, 3.8) is 0 Å². The molecule has 0 saturated carbocycles. The molecule has 0 radical (unpaired) electrons. The number of hydrogen-bond acceptors (Lipinski definition) is 6. The molecule has 0 aliphatic carbocycles. The fraction of sp³-hybridized carbons (Fsp3) is 0.500. The monoisotopic (exact) mass is 553 g/mol. The molecule has 1 unspecified atom stereocenters. The van der Waals surface area contributed by atoms with Gasteiger partial charge in [0.1, 0.15) is 17.5 Å². The quantitative estimate of drug-likeness (QED) is 0.179. The first-order valence-corrected chi connectivity index (χ1v) is 10.7. The Morgan fingerprint density at radius 2 is 2.06 bits per heavy atom. The Bertz CT molecular complexity index is 890. The van der Waals surface area contributed by atoms with Crippen LogP contribution in [0.4, 0.5) is 5.82 Å². The maximum Gasteiger partial charge on any atom is 0.190 e. The topological polar surface area (TPSA) is 123 Å². The molecule has 1 fully saturated rings. The molecular formula is C22H32IN7O2. The molecule has 174 valence electrons. The number of hydrogen-bond donors (Lipinski definition) is 3. The van der Waals surface area contributed by atoms with E-state index in [0.717, 1.165) is 44.1 Å². The summed E-state index contributed by atoms with van der Waals surface area (Å²) in [5.41, 5.74) is 8.15. The fourth-order valence-electron chi connectivity index (χ4n) is 3.40. The van der Waals surface area contributed by atoms with Gasteiger partial charge in [0.2, 0.25) is 0 Å². The summed E-state index contributed by atoms with van der Waals surface area (Å²) in [6.45, 7) is 3.71. The number of nitrogens with zero attached hydrogens (tertiary/aromatic N) is 4. The van der Waals surface area contributed by atoms with E-state index in [9.17, 15) is 5.26 Å². The summed E-state index contributed by atoms with van der Waals surface area (Å²) in [5.74, 6) is 1.12. The molecule has 1 aliphatic heterocycles. The summed E-state index contributed by atoms with van der Waals surface area (Å²) in [5, 5.41) is 20.6. The Morgan fingerprint density at radius 3 is 2.72 bits per heavy atom. The summed E-state index contributed by atoms with van der Waals surface area (Å²) in [6, 6.07) is 11.8. The Morgan fingerprint density at radius 1 is 1.31 bits per heavy atom. The van der Waals surface area contributed by atoms with Gasteiger partial charge in [0.15, 0.2) is 5.96 Å². The van der Waals surface area contributed by atoms with Crippen LogP contribution in [0, 0.1) is 11.3 Å². The van der Waals surface area contributed by atoms with Crippen molar-refractivity contribution in [2.45, 2.75) is 31.8 Å². The number of halogens is 1. The zero-order valence-electron chi connectivity index (χ0n) is 18.4. The molecule has 9 nitrogen and oxygen atoms in total. The lowest BCUT2D eigenvalue weighted by molar-refractivity contribution is 0.0420. The van der Waals surface area contributed by atoms with Crippen LogP contribution in [-0.2, 0) is 15.9 Å². The molecule has 1 aromatic carbocycles.